The first-order valence-corrected chi connectivity index (χ1v) is 5.13. The first kappa shape index (κ1) is 7.58. The van der Waals surface area contributed by atoms with Gasteiger partial charge in [-0.2, -0.15) is 0 Å². The van der Waals surface area contributed by atoms with E-state index >= 15 is 0 Å². The van der Waals surface area contributed by atoms with Gasteiger partial charge in [-0.25, -0.2) is 0 Å². The molecule has 0 atom stereocenters. The van der Waals surface area contributed by atoms with Crippen LogP contribution in [0, 0.1) is 11.0 Å². The molecule has 1 nitrogen and oxygen atoms in total. The molecule has 1 aromatic rings. The van der Waals surface area contributed by atoms with Gasteiger partial charge in [0, 0.05) is 3.57 Å². The summed E-state index contributed by atoms with van der Waals surface area (Å²) in [4.78, 5) is 3.17. The molecule has 0 radical (unpaired) electrons. The third-order valence-electron chi connectivity index (χ3n) is 0.692. The number of nitrogens with one attached hydrogen (secondary N) is 1. The van der Waals surface area contributed by atoms with E-state index in [-0.39, 0.29) is 0 Å². The molecule has 1 heterocycles. The standard InChI is InChI=1S/C4H2I3N/c5-2-1-3(6)8-4(2)7/h1,8H. The molecule has 1 N–H and O–H groups in total. The predicted octanol–water partition coefficient (Wildman–Crippen LogP) is 2.83. The van der Waals surface area contributed by atoms with Crippen LogP contribution in [0.15, 0.2) is 6.07 Å². The van der Waals surface area contributed by atoms with Gasteiger partial charge < -0.3 is 4.98 Å². The van der Waals surface area contributed by atoms with E-state index in [2.05, 4.69) is 78.8 Å². The SMILES string of the molecule is Ic1cc(I)c(I)[nH]1. The van der Waals surface area contributed by atoms with E-state index in [0.717, 1.165) is 0 Å². The number of halogens is 3. The fraction of sp³-hybridized carbons (Fsp3) is 0. The molecule has 0 aliphatic carbocycles. The summed E-state index contributed by atoms with van der Waals surface area (Å²) >= 11 is 6.84. The quantitative estimate of drug-likeness (QED) is 0.592. The number of H-pyrrole nitrogens is 1. The van der Waals surface area contributed by atoms with Crippen molar-refractivity contribution >= 4 is 67.8 Å². The smallest absolute Gasteiger partial charge is 0.0915 e. The molecule has 4 heteroatoms. The minimum atomic E-state index is 1.20. The molecule has 44 valence electrons. The Kier molecular flexibility index (Phi) is 2.88. The first-order chi connectivity index (χ1) is 3.70. The van der Waals surface area contributed by atoms with Gasteiger partial charge in [-0.3, -0.25) is 0 Å². The molecule has 1 rings (SSSR count). The van der Waals surface area contributed by atoms with Crippen molar-refractivity contribution in [2.75, 3.05) is 0 Å². The Bertz CT molecular complexity index is 174. The zero-order valence-corrected chi connectivity index (χ0v) is 10.2. The van der Waals surface area contributed by atoms with Gasteiger partial charge in [-0.1, -0.05) is 0 Å². The fourth-order valence-electron chi connectivity index (χ4n) is 0.375. The molecule has 1 aromatic heterocycles. The van der Waals surface area contributed by atoms with E-state index in [0.29, 0.717) is 0 Å². The van der Waals surface area contributed by atoms with Crippen LogP contribution >= 0.6 is 67.8 Å². The molecule has 0 bridgehead atoms. The van der Waals surface area contributed by atoms with Crippen LogP contribution in [0.3, 0.4) is 0 Å². The van der Waals surface area contributed by atoms with E-state index in [1.807, 2.05) is 0 Å². The van der Waals surface area contributed by atoms with Crippen LogP contribution in [0.4, 0.5) is 0 Å². The maximum absolute atomic E-state index is 3.17. The Balaban J connectivity index is 3.14. The molecule has 0 saturated carbocycles. The van der Waals surface area contributed by atoms with Gasteiger partial charge in [0.2, 0.25) is 0 Å². The third kappa shape index (κ3) is 1.72. The summed E-state index contributed by atoms with van der Waals surface area (Å²) in [5.74, 6) is 0. The van der Waals surface area contributed by atoms with Gasteiger partial charge in [0.25, 0.3) is 0 Å². The van der Waals surface area contributed by atoms with Gasteiger partial charge in [0.15, 0.2) is 0 Å². The van der Waals surface area contributed by atoms with Crippen LogP contribution in [-0.2, 0) is 0 Å². The topological polar surface area (TPSA) is 15.8 Å². The Morgan fingerprint density at radius 1 is 1.25 bits per heavy atom. The Morgan fingerprint density at radius 2 is 1.88 bits per heavy atom. The maximum Gasteiger partial charge on any atom is 0.0915 e. The van der Waals surface area contributed by atoms with Gasteiger partial charge >= 0.3 is 0 Å². The highest BCUT2D eigenvalue weighted by Crippen LogP contribution is 2.16. The predicted molar refractivity (Wildman–Crippen MR) is 58.9 cm³/mol. The largest absolute Gasteiger partial charge is 0.345 e. The van der Waals surface area contributed by atoms with Crippen molar-refractivity contribution in [3.05, 3.63) is 17.0 Å². The summed E-state index contributed by atoms with van der Waals surface area (Å²) in [6.45, 7) is 0. The fourth-order valence-corrected chi connectivity index (χ4v) is 2.96. The summed E-state index contributed by atoms with van der Waals surface area (Å²) in [5, 5.41) is 0. The van der Waals surface area contributed by atoms with Crippen molar-refractivity contribution in [3.8, 4) is 0 Å². The molecule has 8 heavy (non-hydrogen) atoms. The Labute approximate surface area is 88.4 Å². The summed E-state index contributed by atoms with van der Waals surface area (Å²) < 4.78 is 3.73. The van der Waals surface area contributed by atoms with Crippen molar-refractivity contribution in [1.29, 1.82) is 0 Å². The third-order valence-corrected chi connectivity index (χ3v) is 4.01. The van der Waals surface area contributed by atoms with E-state index in [9.17, 15) is 0 Å². The molecular weight excluding hydrogens is 443 g/mol. The van der Waals surface area contributed by atoms with Crippen LogP contribution in [0.25, 0.3) is 0 Å². The van der Waals surface area contributed by atoms with Crippen molar-refractivity contribution in [2.45, 2.75) is 0 Å². The molecule has 0 aromatic carbocycles. The number of hydrogen-bond acceptors (Lipinski definition) is 0. The number of aromatic amines is 1. The van der Waals surface area contributed by atoms with Crippen molar-refractivity contribution in [3.63, 3.8) is 0 Å². The van der Waals surface area contributed by atoms with E-state index in [1.165, 1.54) is 11.0 Å². The van der Waals surface area contributed by atoms with E-state index in [1.54, 1.807) is 0 Å². The van der Waals surface area contributed by atoms with Gasteiger partial charge in [0.05, 0.1) is 7.40 Å². The second-order valence-corrected chi connectivity index (χ2v) is 4.68. The lowest BCUT2D eigenvalue weighted by Gasteiger charge is -1.77. The number of rotatable bonds is 0. The van der Waals surface area contributed by atoms with Crippen molar-refractivity contribution < 1.29 is 0 Å². The summed E-state index contributed by atoms with van der Waals surface area (Å²) in [6.07, 6.45) is 0. The second kappa shape index (κ2) is 3.04. The lowest BCUT2D eigenvalue weighted by molar-refractivity contribution is 1.30. The van der Waals surface area contributed by atoms with Gasteiger partial charge in [-0.15, -0.1) is 0 Å². The zero-order chi connectivity index (χ0) is 6.15. The lowest BCUT2D eigenvalue weighted by Crippen LogP contribution is -1.69. The van der Waals surface area contributed by atoms with Crippen LogP contribution in [0.2, 0.25) is 0 Å². The van der Waals surface area contributed by atoms with E-state index in [4.69, 9.17) is 0 Å². The van der Waals surface area contributed by atoms with Crippen LogP contribution in [0.1, 0.15) is 0 Å². The summed E-state index contributed by atoms with van der Waals surface area (Å²) in [6, 6.07) is 2.11. The Hall–Kier alpha value is 1.47. The van der Waals surface area contributed by atoms with Gasteiger partial charge in [0.1, 0.15) is 0 Å². The molecule has 0 saturated heterocycles. The highest BCUT2D eigenvalue weighted by Gasteiger charge is 1.97. The van der Waals surface area contributed by atoms with Crippen molar-refractivity contribution in [1.82, 2.24) is 4.98 Å². The highest BCUT2D eigenvalue weighted by molar-refractivity contribution is 14.1. The molecule has 0 aliphatic heterocycles. The summed E-state index contributed by atoms with van der Waals surface area (Å²) in [7, 11) is 0. The minimum absolute atomic E-state index is 1.20. The first-order valence-electron chi connectivity index (χ1n) is 1.89. The second-order valence-electron chi connectivity index (χ2n) is 1.28. The molecule has 0 spiro atoms. The highest BCUT2D eigenvalue weighted by atomic mass is 127. The van der Waals surface area contributed by atoms with Crippen LogP contribution in [0.5, 0.6) is 0 Å². The van der Waals surface area contributed by atoms with E-state index < -0.39 is 0 Å². The average molecular weight is 445 g/mol. The molecule has 0 aliphatic rings. The molecule has 0 unspecified atom stereocenters. The summed E-state index contributed by atoms with van der Waals surface area (Å²) in [5.41, 5.74) is 0. The minimum Gasteiger partial charge on any atom is -0.345 e. The Morgan fingerprint density at radius 3 is 2.00 bits per heavy atom. The van der Waals surface area contributed by atoms with Gasteiger partial charge in [-0.05, 0) is 73.8 Å². The molecule has 0 amide bonds. The van der Waals surface area contributed by atoms with Crippen molar-refractivity contribution in [2.24, 2.45) is 0 Å². The average Bonchev–Trinajstić information content (AvgIpc) is 1.85. The van der Waals surface area contributed by atoms with Crippen LogP contribution in [-0.4, -0.2) is 4.98 Å². The molecular formula is C4H2I3N. The number of aromatic nitrogens is 1. The van der Waals surface area contributed by atoms with Crippen LogP contribution < -0.4 is 0 Å². The normalized spacial score (nSPS) is 9.88. The number of hydrogen-bond donors (Lipinski definition) is 1. The zero-order valence-electron chi connectivity index (χ0n) is 3.71. The lowest BCUT2D eigenvalue weighted by atomic mass is 10.7. The monoisotopic (exact) mass is 445 g/mol. The molecule has 0 fully saturated rings. The maximum atomic E-state index is 3.17.